The van der Waals surface area contributed by atoms with Gasteiger partial charge in [-0.25, -0.2) is 0 Å². The van der Waals surface area contributed by atoms with Crippen molar-refractivity contribution in [2.75, 3.05) is 0 Å². The predicted octanol–water partition coefficient (Wildman–Crippen LogP) is 3.14. The number of ketones is 1. The quantitative estimate of drug-likeness (QED) is 0.433. The van der Waals surface area contributed by atoms with Gasteiger partial charge in [-0.2, -0.15) is 0 Å². The summed E-state index contributed by atoms with van der Waals surface area (Å²) in [5.74, 6) is 0.462. The summed E-state index contributed by atoms with van der Waals surface area (Å²) in [6.07, 6.45) is 3.27. The van der Waals surface area contributed by atoms with E-state index in [1.54, 1.807) is 0 Å². The van der Waals surface area contributed by atoms with Crippen molar-refractivity contribution < 1.29 is 9.53 Å². The molecule has 0 aromatic carbocycles. The summed E-state index contributed by atoms with van der Waals surface area (Å²) in [7, 11) is 0. The summed E-state index contributed by atoms with van der Waals surface area (Å²) in [6, 6.07) is 0. The molecule has 0 aromatic heterocycles. The highest BCUT2D eigenvalue weighted by atomic mass is 127. The van der Waals surface area contributed by atoms with Crippen molar-refractivity contribution in [1.82, 2.24) is 0 Å². The molecule has 0 spiro atoms. The van der Waals surface area contributed by atoms with Crippen LogP contribution in [-0.4, -0.2) is 25.3 Å². The number of hydrogen-bond donors (Lipinski definition) is 0. The Labute approximate surface area is 118 Å². The average molecular weight is 434 g/mol. The monoisotopic (exact) mass is 434 g/mol. The van der Waals surface area contributed by atoms with Gasteiger partial charge in [0.2, 0.25) is 0 Å². The molecule has 0 amide bonds. The van der Waals surface area contributed by atoms with Crippen LogP contribution in [0.15, 0.2) is 0 Å². The van der Waals surface area contributed by atoms with Crippen LogP contribution < -0.4 is 0 Å². The fourth-order valence-electron chi connectivity index (χ4n) is 2.49. The van der Waals surface area contributed by atoms with Crippen molar-refractivity contribution >= 4 is 51.0 Å². The summed E-state index contributed by atoms with van der Waals surface area (Å²) in [5.41, 5.74) is 0.00358. The minimum atomic E-state index is 0.00358. The Balaban J connectivity index is 2.26. The molecule has 2 aliphatic rings. The maximum atomic E-state index is 12.0. The van der Waals surface area contributed by atoms with Gasteiger partial charge in [0.1, 0.15) is 0 Å². The summed E-state index contributed by atoms with van der Waals surface area (Å²) in [6.45, 7) is 4.23. The molecule has 2 fully saturated rings. The molecule has 2 heterocycles. The van der Waals surface area contributed by atoms with Crippen molar-refractivity contribution in [1.29, 1.82) is 0 Å². The molecule has 0 radical (unpaired) electrons. The molecule has 2 aliphatic heterocycles. The van der Waals surface area contributed by atoms with Gasteiger partial charge in [-0.3, -0.25) is 4.79 Å². The first-order valence-electron chi connectivity index (χ1n) is 5.44. The Morgan fingerprint density at radius 3 is 2.80 bits per heavy atom. The van der Waals surface area contributed by atoms with E-state index >= 15 is 0 Å². The number of rotatable bonds is 0. The molecule has 5 atom stereocenters. The Morgan fingerprint density at radius 2 is 2.13 bits per heavy atom. The van der Waals surface area contributed by atoms with Gasteiger partial charge >= 0.3 is 0 Å². The lowest BCUT2D eigenvalue weighted by molar-refractivity contribution is -0.131. The lowest BCUT2D eigenvalue weighted by atomic mass is 9.93. The van der Waals surface area contributed by atoms with Crippen LogP contribution in [0.3, 0.4) is 0 Å². The van der Waals surface area contributed by atoms with E-state index in [-0.39, 0.29) is 21.5 Å². The van der Waals surface area contributed by atoms with Crippen LogP contribution in [-0.2, 0) is 9.53 Å². The zero-order valence-corrected chi connectivity index (χ0v) is 13.3. The SMILES string of the molecule is C[C@H]1C(=O)[C@H](I)C[C@@H](I)[C@@]2(C)CC[C@@H]1O2. The molecule has 0 N–H and O–H groups in total. The van der Waals surface area contributed by atoms with Crippen LogP contribution in [0.25, 0.3) is 0 Å². The number of alkyl halides is 2. The molecule has 4 heteroatoms. The second-order valence-electron chi connectivity index (χ2n) is 4.87. The van der Waals surface area contributed by atoms with E-state index in [0.717, 1.165) is 19.3 Å². The van der Waals surface area contributed by atoms with Crippen molar-refractivity contribution in [2.45, 2.75) is 52.7 Å². The normalized spacial score (nSPS) is 51.3. The number of halogens is 2. The largest absolute Gasteiger partial charge is 0.370 e. The van der Waals surface area contributed by atoms with E-state index in [0.29, 0.717) is 9.71 Å². The van der Waals surface area contributed by atoms with E-state index in [9.17, 15) is 4.79 Å². The molecular weight excluding hydrogens is 418 g/mol. The summed E-state index contributed by atoms with van der Waals surface area (Å²) >= 11 is 4.75. The fraction of sp³-hybridized carbons (Fsp3) is 0.909. The molecule has 2 saturated heterocycles. The fourth-order valence-corrected chi connectivity index (χ4v) is 5.51. The zero-order valence-electron chi connectivity index (χ0n) is 9.00. The topological polar surface area (TPSA) is 26.3 Å². The van der Waals surface area contributed by atoms with Gasteiger partial charge in [0, 0.05) is 9.84 Å². The van der Waals surface area contributed by atoms with Crippen LogP contribution >= 0.6 is 45.2 Å². The van der Waals surface area contributed by atoms with Gasteiger partial charge in [-0.15, -0.1) is 0 Å². The number of hydrogen-bond acceptors (Lipinski definition) is 2. The minimum Gasteiger partial charge on any atom is -0.370 e. The van der Waals surface area contributed by atoms with E-state index in [4.69, 9.17) is 4.74 Å². The van der Waals surface area contributed by atoms with Gasteiger partial charge in [0.15, 0.2) is 5.78 Å². The third kappa shape index (κ3) is 2.22. The second-order valence-corrected chi connectivity index (χ2v) is 7.88. The number of fused-ring (bicyclic) bond motifs is 2. The van der Waals surface area contributed by atoms with Gasteiger partial charge in [0.25, 0.3) is 0 Å². The van der Waals surface area contributed by atoms with E-state index in [1.807, 2.05) is 6.92 Å². The van der Waals surface area contributed by atoms with E-state index < -0.39 is 0 Å². The molecule has 0 aliphatic carbocycles. The second kappa shape index (κ2) is 4.40. The molecule has 0 aromatic rings. The first-order valence-corrected chi connectivity index (χ1v) is 7.93. The van der Waals surface area contributed by atoms with Gasteiger partial charge in [-0.05, 0) is 26.2 Å². The van der Waals surface area contributed by atoms with Crippen LogP contribution in [0.5, 0.6) is 0 Å². The highest BCUT2D eigenvalue weighted by molar-refractivity contribution is 14.1. The standard InChI is InChI=1S/C11H16I2O2/c1-6-8-3-4-11(2,15-8)9(13)5-7(12)10(6)14/h6-9H,3-5H2,1-2H3/t6-,7-,8+,9-,11-/m1/s1. The van der Waals surface area contributed by atoms with Crippen molar-refractivity contribution in [3.05, 3.63) is 0 Å². The van der Waals surface area contributed by atoms with Crippen LogP contribution in [0.1, 0.15) is 33.1 Å². The van der Waals surface area contributed by atoms with Crippen LogP contribution in [0.2, 0.25) is 0 Å². The Bertz CT molecular complexity index is 282. The third-order valence-corrected chi connectivity index (χ3v) is 6.69. The molecule has 0 saturated carbocycles. The maximum Gasteiger partial charge on any atom is 0.151 e. The highest BCUT2D eigenvalue weighted by Crippen LogP contribution is 2.44. The van der Waals surface area contributed by atoms with Gasteiger partial charge in [0.05, 0.1) is 15.6 Å². The Hall–Kier alpha value is 1.09. The predicted molar refractivity (Wildman–Crippen MR) is 76.9 cm³/mol. The number of ether oxygens (including phenoxy) is 1. The lowest BCUT2D eigenvalue weighted by Crippen LogP contribution is -2.43. The average Bonchev–Trinajstić information content (AvgIpc) is 2.59. The summed E-state index contributed by atoms with van der Waals surface area (Å²) in [5, 5.41) is 0. The number of Topliss-reactive ketones (excluding diaryl/α,β-unsaturated/α-hetero) is 1. The van der Waals surface area contributed by atoms with Crippen molar-refractivity contribution in [2.24, 2.45) is 5.92 Å². The highest BCUT2D eigenvalue weighted by Gasteiger charge is 2.48. The number of carbonyl (C=O) groups excluding carboxylic acids is 1. The Morgan fingerprint density at radius 1 is 1.47 bits per heavy atom. The lowest BCUT2D eigenvalue weighted by Gasteiger charge is -2.35. The van der Waals surface area contributed by atoms with Crippen molar-refractivity contribution in [3.63, 3.8) is 0 Å². The smallest absolute Gasteiger partial charge is 0.151 e. The zero-order chi connectivity index (χ0) is 11.2. The molecule has 2 bridgehead atoms. The summed E-state index contributed by atoms with van der Waals surface area (Å²) < 4.78 is 6.73. The van der Waals surface area contributed by atoms with E-state index in [1.165, 1.54) is 0 Å². The van der Waals surface area contributed by atoms with Crippen LogP contribution in [0, 0.1) is 5.92 Å². The summed E-state index contributed by atoms with van der Waals surface area (Å²) in [4.78, 5) is 12.0. The molecule has 86 valence electrons. The molecule has 2 nitrogen and oxygen atoms in total. The first kappa shape index (κ1) is 12.5. The maximum absolute atomic E-state index is 12.0. The third-order valence-electron chi connectivity index (χ3n) is 3.74. The van der Waals surface area contributed by atoms with Crippen LogP contribution in [0.4, 0.5) is 0 Å². The van der Waals surface area contributed by atoms with Crippen molar-refractivity contribution in [3.8, 4) is 0 Å². The first-order chi connectivity index (χ1) is 6.94. The molecule has 15 heavy (non-hydrogen) atoms. The Kier molecular flexibility index (Phi) is 3.68. The van der Waals surface area contributed by atoms with Gasteiger partial charge in [-0.1, -0.05) is 52.1 Å². The molecule has 2 rings (SSSR count). The van der Waals surface area contributed by atoms with Gasteiger partial charge < -0.3 is 4.74 Å². The molecular formula is C11H16I2O2. The molecule has 0 unspecified atom stereocenters. The van der Waals surface area contributed by atoms with E-state index in [2.05, 4.69) is 52.1 Å². The minimum absolute atomic E-state index is 0.00358. The number of carbonyl (C=O) groups is 1.